The Morgan fingerprint density at radius 3 is 2.78 bits per heavy atom. The number of nitriles is 1. The lowest BCUT2D eigenvalue weighted by molar-refractivity contribution is -0.122. The highest BCUT2D eigenvalue weighted by atomic mass is 16.5. The second-order valence-electron chi connectivity index (χ2n) is 3.78. The molecule has 1 rings (SSSR count). The molecule has 5 heteroatoms. The summed E-state index contributed by atoms with van der Waals surface area (Å²) in [6.07, 6.45) is 0. The van der Waals surface area contributed by atoms with Crippen LogP contribution in [0.15, 0.2) is 18.2 Å². The van der Waals surface area contributed by atoms with Gasteiger partial charge in [-0.25, -0.2) is 0 Å². The number of ketones is 1. The Morgan fingerprint density at radius 1 is 1.44 bits per heavy atom. The summed E-state index contributed by atoms with van der Waals surface area (Å²) >= 11 is 0. The van der Waals surface area contributed by atoms with Gasteiger partial charge in [0.15, 0.2) is 12.4 Å². The maximum atomic E-state index is 11.4. The fourth-order valence-electron chi connectivity index (χ4n) is 1.38. The summed E-state index contributed by atoms with van der Waals surface area (Å²) in [5.41, 5.74) is 1.39. The standard InChI is InChI=1S/C13H14N2O3/c1-9-3-4-12(11(7-9)10(2)16)18-8-13(17)15-6-5-14/h3-4,7H,6,8H2,1-2H3,(H,15,17). The van der Waals surface area contributed by atoms with E-state index in [2.05, 4.69) is 5.32 Å². The van der Waals surface area contributed by atoms with Crippen LogP contribution >= 0.6 is 0 Å². The quantitative estimate of drug-likeness (QED) is 0.625. The average Bonchev–Trinajstić information content (AvgIpc) is 2.34. The van der Waals surface area contributed by atoms with Crippen molar-refractivity contribution in [2.75, 3.05) is 13.2 Å². The molecule has 0 saturated carbocycles. The predicted molar refractivity (Wildman–Crippen MR) is 65.3 cm³/mol. The number of carbonyl (C=O) groups excluding carboxylic acids is 2. The molecular weight excluding hydrogens is 232 g/mol. The zero-order chi connectivity index (χ0) is 13.5. The molecule has 0 aromatic heterocycles. The number of ether oxygens (including phenoxy) is 1. The highest BCUT2D eigenvalue weighted by Crippen LogP contribution is 2.20. The van der Waals surface area contributed by atoms with Crippen molar-refractivity contribution in [2.24, 2.45) is 0 Å². The van der Waals surface area contributed by atoms with E-state index in [1.165, 1.54) is 6.92 Å². The normalized spacial score (nSPS) is 9.39. The fourth-order valence-corrected chi connectivity index (χ4v) is 1.38. The number of nitrogens with one attached hydrogen (secondary N) is 1. The van der Waals surface area contributed by atoms with Gasteiger partial charge in [0.1, 0.15) is 12.3 Å². The van der Waals surface area contributed by atoms with E-state index >= 15 is 0 Å². The lowest BCUT2D eigenvalue weighted by atomic mass is 10.1. The molecule has 94 valence electrons. The first kappa shape index (κ1) is 13.7. The molecule has 18 heavy (non-hydrogen) atoms. The first-order valence-corrected chi connectivity index (χ1v) is 5.42. The first-order chi connectivity index (χ1) is 8.54. The Morgan fingerprint density at radius 2 is 2.17 bits per heavy atom. The van der Waals surface area contributed by atoms with Gasteiger partial charge in [0.2, 0.25) is 0 Å². The molecule has 0 aliphatic carbocycles. The molecule has 1 N–H and O–H groups in total. The maximum Gasteiger partial charge on any atom is 0.258 e. The zero-order valence-corrected chi connectivity index (χ0v) is 10.3. The number of carbonyl (C=O) groups is 2. The number of hydrogen-bond donors (Lipinski definition) is 1. The van der Waals surface area contributed by atoms with E-state index < -0.39 is 5.91 Å². The molecule has 0 aliphatic rings. The van der Waals surface area contributed by atoms with Gasteiger partial charge in [0, 0.05) is 0 Å². The van der Waals surface area contributed by atoms with Crippen LogP contribution in [0.25, 0.3) is 0 Å². The lowest BCUT2D eigenvalue weighted by Crippen LogP contribution is -2.29. The molecule has 0 heterocycles. The minimum atomic E-state index is -0.397. The van der Waals surface area contributed by atoms with E-state index in [9.17, 15) is 9.59 Å². The highest BCUT2D eigenvalue weighted by molar-refractivity contribution is 5.97. The molecule has 0 spiro atoms. The topological polar surface area (TPSA) is 79.2 Å². The third kappa shape index (κ3) is 3.91. The summed E-state index contributed by atoms with van der Waals surface area (Å²) in [6.45, 7) is 3.04. The van der Waals surface area contributed by atoms with E-state index in [1.54, 1.807) is 24.3 Å². The minimum Gasteiger partial charge on any atom is -0.483 e. The number of nitrogens with zero attached hydrogens (tertiary/aromatic N) is 1. The van der Waals surface area contributed by atoms with Crippen LogP contribution in [0.3, 0.4) is 0 Å². The van der Waals surface area contributed by atoms with E-state index in [-0.39, 0.29) is 18.9 Å². The Balaban J connectivity index is 2.70. The zero-order valence-electron chi connectivity index (χ0n) is 10.3. The predicted octanol–water partition coefficient (Wildman–Crippen LogP) is 1.22. The third-order valence-electron chi connectivity index (χ3n) is 2.24. The fraction of sp³-hybridized carbons (Fsp3) is 0.308. The molecule has 0 saturated heterocycles. The number of benzene rings is 1. The van der Waals surface area contributed by atoms with Gasteiger partial charge in [-0.1, -0.05) is 11.6 Å². The maximum absolute atomic E-state index is 11.4. The van der Waals surface area contributed by atoms with Gasteiger partial charge in [-0.2, -0.15) is 5.26 Å². The summed E-state index contributed by atoms with van der Waals surface area (Å²) in [7, 11) is 0. The summed E-state index contributed by atoms with van der Waals surface area (Å²) in [4.78, 5) is 22.7. The van der Waals surface area contributed by atoms with Crippen LogP contribution in [0.1, 0.15) is 22.8 Å². The smallest absolute Gasteiger partial charge is 0.258 e. The van der Waals surface area contributed by atoms with Gasteiger partial charge in [0.25, 0.3) is 5.91 Å². The molecule has 1 aromatic rings. The molecule has 0 fully saturated rings. The van der Waals surface area contributed by atoms with Gasteiger partial charge < -0.3 is 10.1 Å². The largest absolute Gasteiger partial charge is 0.483 e. The summed E-state index contributed by atoms with van der Waals surface area (Å²) < 4.78 is 5.27. The average molecular weight is 246 g/mol. The molecule has 0 atom stereocenters. The molecule has 0 bridgehead atoms. The van der Waals surface area contributed by atoms with Gasteiger partial charge >= 0.3 is 0 Å². The molecule has 5 nitrogen and oxygen atoms in total. The highest BCUT2D eigenvalue weighted by Gasteiger charge is 2.10. The summed E-state index contributed by atoms with van der Waals surface area (Å²) in [6, 6.07) is 6.96. The number of amides is 1. The molecule has 0 radical (unpaired) electrons. The van der Waals surface area contributed by atoms with Crippen molar-refractivity contribution >= 4 is 11.7 Å². The molecule has 1 amide bonds. The van der Waals surface area contributed by atoms with Crippen LogP contribution in [0.5, 0.6) is 5.75 Å². The third-order valence-corrected chi connectivity index (χ3v) is 2.24. The van der Waals surface area contributed by atoms with E-state index in [0.29, 0.717) is 11.3 Å². The lowest BCUT2D eigenvalue weighted by Gasteiger charge is -2.10. The molecule has 1 aromatic carbocycles. The second-order valence-corrected chi connectivity index (χ2v) is 3.78. The van der Waals surface area contributed by atoms with Crippen LogP contribution in [-0.2, 0) is 4.79 Å². The van der Waals surface area contributed by atoms with Crippen LogP contribution in [0, 0.1) is 18.3 Å². The van der Waals surface area contributed by atoms with Crippen molar-refractivity contribution in [3.8, 4) is 11.8 Å². The van der Waals surface area contributed by atoms with Crippen molar-refractivity contribution in [1.29, 1.82) is 5.26 Å². The summed E-state index contributed by atoms with van der Waals surface area (Å²) in [5.74, 6) is -0.141. The minimum absolute atomic E-state index is 0.0599. The van der Waals surface area contributed by atoms with Crippen LogP contribution in [0.4, 0.5) is 0 Å². The van der Waals surface area contributed by atoms with Gasteiger partial charge in [-0.3, -0.25) is 9.59 Å². The van der Waals surface area contributed by atoms with Crippen molar-refractivity contribution in [1.82, 2.24) is 5.32 Å². The molecule has 0 unspecified atom stereocenters. The Bertz CT molecular complexity index is 503. The van der Waals surface area contributed by atoms with Crippen molar-refractivity contribution in [2.45, 2.75) is 13.8 Å². The second kappa shape index (κ2) is 6.40. The molecule has 0 aliphatic heterocycles. The van der Waals surface area contributed by atoms with Crippen molar-refractivity contribution < 1.29 is 14.3 Å². The number of aryl methyl sites for hydroxylation is 1. The first-order valence-electron chi connectivity index (χ1n) is 5.42. The van der Waals surface area contributed by atoms with Crippen LogP contribution in [-0.4, -0.2) is 24.8 Å². The van der Waals surface area contributed by atoms with E-state index in [0.717, 1.165) is 5.56 Å². The van der Waals surface area contributed by atoms with Crippen molar-refractivity contribution in [3.05, 3.63) is 29.3 Å². The number of hydrogen-bond acceptors (Lipinski definition) is 4. The monoisotopic (exact) mass is 246 g/mol. The van der Waals surface area contributed by atoms with Crippen LogP contribution < -0.4 is 10.1 Å². The number of rotatable bonds is 5. The van der Waals surface area contributed by atoms with E-state index in [1.807, 2.05) is 6.92 Å². The molecular formula is C13H14N2O3. The SMILES string of the molecule is CC(=O)c1cc(C)ccc1OCC(=O)NCC#N. The Labute approximate surface area is 105 Å². The van der Waals surface area contributed by atoms with E-state index in [4.69, 9.17) is 10.00 Å². The summed E-state index contributed by atoms with van der Waals surface area (Å²) in [5, 5.41) is 10.7. The number of Topliss-reactive ketones (excluding diaryl/α,β-unsaturated/α-hetero) is 1. The van der Waals surface area contributed by atoms with Gasteiger partial charge in [-0.15, -0.1) is 0 Å². The van der Waals surface area contributed by atoms with Crippen molar-refractivity contribution in [3.63, 3.8) is 0 Å². The Kier molecular flexibility index (Phi) is 4.88. The Hall–Kier alpha value is -2.35. The van der Waals surface area contributed by atoms with Gasteiger partial charge in [-0.05, 0) is 26.0 Å². The van der Waals surface area contributed by atoms with Gasteiger partial charge in [0.05, 0.1) is 11.6 Å². The van der Waals surface area contributed by atoms with Crippen LogP contribution in [0.2, 0.25) is 0 Å².